The van der Waals surface area contributed by atoms with Crippen LogP contribution in [0.5, 0.6) is 0 Å². The molecule has 1 rings (SSSR count). The van der Waals surface area contributed by atoms with Crippen LogP contribution in [0.1, 0.15) is 49.9 Å². The van der Waals surface area contributed by atoms with Crippen molar-refractivity contribution in [2.75, 3.05) is 26.7 Å². The smallest absolute Gasteiger partial charge is 0.0449 e. The Labute approximate surface area is 125 Å². The fourth-order valence-corrected chi connectivity index (χ4v) is 2.63. The summed E-state index contributed by atoms with van der Waals surface area (Å²) in [5.41, 5.74) is 4.13. The summed E-state index contributed by atoms with van der Waals surface area (Å²) in [7, 11) is 2.23. The van der Waals surface area contributed by atoms with E-state index in [2.05, 4.69) is 70.1 Å². The van der Waals surface area contributed by atoms with Gasteiger partial charge in [-0.3, -0.25) is 0 Å². The van der Waals surface area contributed by atoms with Crippen LogP contribution in [0.4, 0.5) is 0 Å². The minimum atomic E-state index is 0.427. The summed E-state index contributed by atoms with van der Waals surface area (Å²) < 4.78 is 0. The summed E-state index contributed by atoms with van der Waals surface area (Å²) in [5.74, 6) is 0.774. The van der Waals surface area contributed by atoms with Gasteiger partial charge in [0.1, 0.15) is 0 Å². The first-order valence-electron chi connectivity index (χ1n) is 7.92. The van der Waals surface area contributed by atoms with Crippen molar-refractivity contribution in [3.8, 4) is 0 Å². The van der Waals surface area contributed by atoms with E-state index in [9.17, 15) is 0 Å². The zero-order valence-corrected chi connectivity index (χ0v) is 14.2. The first-order valence-corrected chi connectivity index (χ1v) is 7.92. The molecule has 2 nitrogen and oxygen atoms in total. The van der Waals surface area contributed by atoms with Gasteiger partial charge in [0.2, 0.25) is 0 Å². The molecule has 1 atom stereocenters. The zero-order chi connectivity index (χ0) is 15.1. The van der Waals surface area contributed by atoms with E-state index in [4.69, 9.17) is 0 Å². The van der Waals surface area contributed by atoms with E-state index < -0.39 is 0 Å². The van der Waals surface area contributed by atoms with Gasteiger partial charge >= 0.3 is 0 Å². The van der Waals surface area contributed by atoms with Crippen LogP contribution in [-0.2, 0) is 0 Å². The highest BCUT2D eigenvalue weighted by atomic mass is 15.1. The third kappa shape index (κ3) is 6.06. The summed E-state index contributed by atoms with van der Waals surface area (Å²) in [6.45, 7) is 14.4. The molecule has 1 N–H and O–H groups in total. The fourth-order valence-electron chi connectivity index (χ4n) is 2.63. The number of nitrogens with one attached hydrogen (secondary N) is 1. The van der Waals surface area contributed by atoms with Crippen molar-refractivity contribution in [2.45, 2.75) is 47.1 Å². The van der Waals surface area contributed by atoms with Crippen molar-refractivity contribution in [3.63, 3.8) is 0 Å². The zero-order valence-electron chi connectivity index (χ0n) is 14.2. The molecule has 0 aliphatic rings. The van der Waals surface area contributed by atoms with Crippen molar-refractivity contribution >= 4 is 0 Å². The number of hydrogen-bond donors (Lipinski definition) is 1. The van der Waals surface area contributed by atoms with Gasteiger partial charge in [-0.25, -0.2) is 0 Å². The second-order valence-corrected chi connectivity index (χ2v) is 6.48. The number of benzene rings is 1. The summed E-state index contributed by atoms with van der Waals surface area (Å²) in [6.07, 6.45) is 1.27. The highest BCUT2D eigenvalue weighted by Crippen LogP contribution is 2.18. The molecule has 0 aliphatic carbocycles. The Morgan fingerprint density at radius 1 is 1.10 bits per heavy atom. The standard InChI is InChI=1S/C18H32N2/c1-7-19-18(13-20(6)9-8-14(2)3)17-11-15(4)10-16(5)12-17/h10-12,14,18-19H,7-9,13H2,1-6H3. The monoisotopic (exact) mass is 276 g/mol. The third-order valence-corrected chi connectivity index (χ3v) is 3.68. The predicted molar refractivity (Wildman–Crippen MR) is 89.3 cm³/mol. The van der Waals surface area contributed by atoms with Gasteiger partial charge < -0.3 is 10.2 Å². The van der Waals surface area contributed by atoms with E-state index in [1.54, 1.807) is 0 Å². The molecule has 0 spiro atoms. The molecule has 0 aromatic heterocycles. The van der Waals surface area contributed by atoms with Crippen LogP contribution < -0.4 is 5.32 Å². The maximum absolute atomic E-state index is 3.63. The maximum Gasteiger partial charge on any atom is 0.0449 e. The normalized spacial score (nSPS) is 13.2. The average molecular weight is 276 g/mol. The van der Waals surface area contributed by atoms with Gasteiger partial charge in [-0.15, -0.1) is 0 Å². The van der Waals surface area contributed by atoms with Crippen molar-refractivity contribution in [1.29, 1.82) is 0 Å². The Morgan fingerprint density at radius 2 is 1.70 bits per heavy atom. The SMILES string of the molecule is CCNC(CN(C)CCC(C)C)c1cc(C)cc(C)c1. The van der Waals surface area contributed by atoms with Crippen LogP contribution >= 0.6 is 0 Å². The minimum absolute atomic E-state index is 0.427. The van der Waals surface area contributed by atoms with E-state index in [1.165, 1.54) is 29.7 Å². The fraction of sp³-hybridized carbons (Fsp3) is 0.667. The highest BCUT2D eigenvalue weighted by molar-refractivity contribution is 5.30. The van der Waals surface area contributed by atoms with Crippen molar-refractivity contribution in [3.05, 3.63) is 34.9 Å². The molecule has 0 saturated heterocycles. The van der Waals surface area contributed by atoms with Crippen molar-refractivity contribution in [1.82, 2.24) is 10.2 Å². The van der Waals surface area contributed by atoms with Crippen LogP contribution in [-0.4, -0.2) is 31.6 Å². The highest BCUT2D eigenvalue weighted by Gasteiger charge is 2.14. The molecule has 0 bridgehead atoms. The Bertz CT molecular complexity index is 378. The van der Waals surface area contributed by atoms with E-state index in [-0.39, 0.29) is 0 Å². The lowest BCUT2D eigenvalue weighted by Crippen LogP contribution is -2.34. The van der Waals surface area contributed by atoms with Crippen LogP contribution in [0.15, 0.2) is 18.2 Å². The summed E-state index contributed by atoms with van der Waals surface area (Å²) in [4.78, 5) is 2.45. The van der Waals surface area contributed by atoms with E-state index >= 15 is 0 Å². The molecular formula is C18H32N2. The van der Waals surface area contributed by atoms with Crippen LogP contribution in [0.2, 0.25) is 0 Å². The number of rotatable bonds is 8. The van der Waals surface area contributed by atoms with Gasteiger partial charge in [0, 0.05) is 12.6 Å². The number of hydrogen-bond acceptors (Lipinski definition) is 2. The molecule has 0 amide bonds. The first kappa shape index (κ1) is 17.2. The first-order chi connectivity index (χ1) is 9.42. The lowest BCUT2D eigenvalue weighted by atomic mass is 10.0. The third-order valence-electron chi connectivity index (χ3n) is 3.68. The van der Waals surface area contributed by atoms with Crippen LogP contribution in [0.25, 0.3) is 0 Å². The lowest BCUT2D eigenvalue weighted by Gasteiger charge is -2.26. The number of nitrogens with zero attached hydrogens (tertiary/aromatic N) is 1. The van der Waals surface area contributed by atoms with Crippen molar-refractivity contribution in [2.24, 2.45) is 5.92 Å². The molecule has 2 heteroatoms. The quantitative estimate of drug-likeness (QED) is 0.774. The van der Waals surface area contributed by atoms with Gasteiger partial charge in [-0.2, -0.15) is 0 Å². The van der Waals surface area contributed by atoms with Crippen molar-refractivity contribution < 1.29 is 0 Å². The molecular weight excluding hydrogens is 244 g/mol. The van der Waals surface area contributed by atoms with Gasteiger partial charge in [-0.1, -0.05) is 50.1 Å². The van der Waals surface area contributed by atoms with Gasteiger partial charge in [0.25, 0.3) is 0 Å². The molecule has 1 aromatic rings. The molecule has 20 heavy (non-hydrogen) atoms. The molecule has 0 fully saturated rings. The summed E-state index contributed by atoms with van der Waals surface area (Å²) in [6, 6.07) is 7.30. The van der Waals surface area contributed by atoms with E-state index in [0.717, 1.165) is 19.0 Å². The molecule has 0 heterocycles. The molecule has 0 aliphatic heterocycles. The topological polar surface area (TPSA) is 15.3 Å². The van der Waals surface area contributed by atoms with Gasteiger partial charge in [0.15, 0.2) is 0 Å². The van der Waals surface area contributed by atoms with Gasteiger partial charge in [-0.05, 0) is 51.9 Å². The Hall–Kier alpha value is -0.860. The summed E-state index contributed by atoms with van der Waals surface area (Å²) in [5, 5.41) is 3.63. The predicted octanol–water partition coefficient (Wildman–Crippen LogP) is 3.93. The van der Waals surface area contributed by atoms with Crippen LogP contribution in [0, 0.1) is 19.8 Å². The lowest BCUT2D eigenvalue weighted by molar-refractivity contribution is 0.276. The Balaban J connectivity index is 2.72. The van der Waals surface area contributed by atoms with Gasteiger partial charge in [0.05, 0.1) is 0 Å². The molecule has 114 valence electrons. The largest absolute Gasteiger partial charge is 0.309 e. The van der Waals surface area contributed by atoms with E-state index in [0.29, 0.717) is 6.04 Å². The Morgan fingerprint density at radius 3 is 2.20 bits per heavy atom. The second-order valence-electron chi connectivity index (χ2n) is 6.48. The molecule has 0 radical (unpaired) electrons. The Kier molecular flexibility index (Phi) is 7.25. The van der Waals surface area contributed by atoms with Crippen LogP contribution in [0.3, 0.4) is 0 Å². The second kappa shape index (κ2) is 8.43. The number of likely N-dealkylation sites (N-methyl/N-ethyl adjacent to an activating group) is 2. The average Bonchev–Trinajstić information content (AvgIpc) is 2.34. The number of aryl methyl sites for hydroxylation is 2. The molecule has 0 saturated carbocycles. The maximum atomic E-state index is 3.63. The van der Waals surface area contributed by atoms with E-state index in [1.807, 2.05) is 0 Å². The minimum Gasteiger partial charge on any atom is -0.309 e. The molecule has 1 aromatic carbocycles. The summed E-state index contributed by atoms with van der Waals surface area (Å²) >= 11 is 0. The molecule has 1 unspecified atom stereocenters.